The molecule has 30 heavy (non-hydrogen) atoms. The highest BCUT2D eigenvalue weighted by molar-refractivity contribution is 6.87. The fourth-order valence-corrected chi connectivity index (χ4v) is 6.09. The third-order valence-electron chi connectivity index (χ3n) is 6.10. The number of hydrogen-bond donors (Lipinski definition) is 2. The summed E-state index contributed by atoms with van der Waals surface area (Å²) in [7, 11) is -1.42. The lowest BCUT2D eigenvalue weighted by Gasteiger charge is -2.20. The summed E-state index contributed by atoms with van der Waals surface area (Å²) in [4.78, 5) is 0. The average molecular weight is 443 g/mol. The Bertz CT molecular complexity index is 420. The minimum atomic E-state index is -1.42. The zero-order valence-electron chi connectivity index (χ0n) is 20.4. The number of aliphatic hydroxyl groups is 2. The van der Waals surface area contributed by atoms with Crippen molar-refractivity contribution >= 4 is 8.07 Å². The molecule has 0 spiro atoms. The van der Waals surface area contributed by atoms with Crippen LogP contribution in [0.2, 0.25) is 18.1 Å². The molecule has 0 amide bonds. The van der Waals surface area contributed by atoms with Crippen molar-refractivity contribution in [3.8, 4) is 11.5 Å². The fourth-order valence-electron chi connectivity index (χ4n) is 3.58. The zero-order valence-corrected chi connectivity index (χ0v) is 21.4. The topological polar surface area (TPSA) is 58.9 Å². The van der Waals surface area contributed by atoms with Crippen molar-refractivity contribution in [1.82, 2.24) is 0 Å². The van der Waals surface area contributed by atoms with E-state index in [9.17, 15) is 10.2 Å². The highest BCUT2D eigenvalue weighted by atomic mass is 28.3. The van der Waals surface area contributed by atoms with Crippen LogP contribution in [-0.2, 0) is 9.47 Å². The van der Waals surface area contributed by atoms with Crippen LogP contribution in [0.1, 0.15) is 91.9 Å². The number of ether oxygens (including phenoxy) is 2. The van der Waals surface area contributed by atoms with E-state index in [1.807, 2.05) is 0 Å². The lowest BCUT2D eigenvalue weighted by Crippen LogP contribution is -2.29. The van der Waals surface area contributed by atoms with E-state index in [-0.39, 0.29) is 12.7 Å². The minimum absolute atomic E-state index is 0.289. The molecule has 0 bridgehead atoms. The van der Waals surface area contributed by atoms with E-state index in [1.54, 1.807) is 0 Å². The van der Waals surface area contributed by atoms with Crippen LogP contribution in [0.4, 0.5) is 0 Å². The summed E-state index contributed by atoms with van der Waals surface area (Å²) in [6, 6.07) is 3.55. The molecule has 0 heterocycles. The van der Waals surface area contributed by atoms with Crippen molar-refractivity contribution in [2.45, 2.75) is 122 Å². The smallest absolute Gasteiger partial charge is 0.137 e. The molecule has 0 rings (SSSR count). The molecule has 2 atom stereocenters. The van der Waals surface area contributed by atoms with E-state index in [2.05, 4.69) is 39.2 Å². The molecule has 0 fully saturated rings. The van der Waals surface area contributed by atoms with Crippen LogP contribution in [-0.4, -0.2) is 56.9 Å². The van der Waals surface area contributed by atoms with Crippen molar-refractivity contribution in [2.24, 2.45) is 0 Å². The molecular formula is C25H50O4Si. The second kappa shape index (κ2) is 20.5. The number of unbranched alkanes of at least 4 members (excludes halogenated alkanes) is 7. The maximum absolute atomic E-state index is 10.0. The summed E-state index contributed by atoms with van der Waals surface area (Å²) in [6.45, 7) is 10.5. The van der Waals surface area contributed by atoms with Gasteiger partial charge in [-0.05, 0) is 24.6 Å². The van der Waals surface area contributed by atoms with Gasteiger partial charge in [0.1, 0.15) is 8.07 Å². The maximum Gasteiger partial charge on any atom is 0.137 e. The summed E-state index contributed by atoms with van der Waals surface area (Å²) in [5, 5.41) is 20.0. The Morgan fingerprint density at radius 1 is 0.700 bits per heavy atom. The van der Waals surface area contributed by atoms with Gasteiger partial charge in [0.2, 0.25) is 0 Å². The van der Waals surface area contributed by atoms with E-state index in [0.717, 1.165) is 12.8 Å². The molecular weight excluding hydrogens is 392 g/mol. The Hall–Kier alpha value is -0.383. The molecule has 5 heteroatoms. The summed E-state index contributed by atoms with van der Waals surface area (Å²) >= 11 is 0. The van der Waals surface area contributed by atoms with Crippen LogP contribution in [0, 0.1) is 11.5 Å². The maximum atomic E-state index is 10.0. The molecule has 4 nitrogen and oxygen atoms in total. The van der Waals surface area contributed by atoms with Gasteiger partial charge in [0.15, 0.2) is 0 Å². The van der Waals surface area contributed by atoms with Gasteiger partial charge in [-0.1, -0.05) is 79.1 Å². The normalized spacial score (nSPS) is 13.7. The summed E-state index contributed by atoms with van der Waals surface area (Å²) in [5.41, 5.74) is 3.49. The van der Waals surface area contributed by atoms with E-state index in [1.165, 1.54) is 63.1 Å². The van der Waals surface area contributed by atoms with E-state index < -0.39 is 14.2 Å². The zero-order chi connectivity index (χ0) is 22.5. The average Bonchev–Trinajstić information content (AvgIpc) is 2.76. The molecule has 2 unspecified atom stereocenters. The van der Waals surface area contributed by atoms with E-state index in [4.69, 9.17) is 9.47 Å². The van der Waals surface area contributed by atoms with Gasteiger partial charge in [-0.25, -0.2) is 0 Å². The molecule has 0 saturated heterocycles. The van der Waals surface area contributed by atoms with Crippen LogP contribution in [0.5, 0.6) is 0 Å². The molecule has 0 aromatic carbocycles. The Morgan fingerprint density at radius 2 is 1.20 bits per heavy atom. The fraction of sp³-hybridized carbons (Fsp3) is 0.920. The monoisotopic (exact) mass is 442 g/mol. The minimum Gasteiger partial charge on any atom is -0.391 e. The first-order chi connectivity index (χ1) is 14.5. The standard InChI is InChI=1S/C25H50O4Si/c1-5-9-10-11-12-13-14-15-17-24(26)22-28-19-20-29-23-25(27)18-16-21-30(6-2,7-3)8-4/h24-27H,5-15,17-20,22-23H2,1-4H3. The summed E-state index contributed by atoms with van der Waals surface area (Å²) < 4.78 is 11.0. The molecule has 0 aromatic rings. The molecule has 2 N–H and O–H groups in total. The Kier molecular flexibility index (Phi) is 20.3. The Balaban J connectivity index is 3.59. The number of aliphatic hydroxyl groups excluding tert-OH is 2. The lowest BCUT2D eigenvalue weighted by atomic mass is 10.1. The third-order valence-corrected chi connectivity index (χ3v) is 10.9. The third kappa shape index (κ3) is 16.3. The molecule has 0 aliphatic carbocycles. The Morgan fingerprint density at radius 3 is 1.73 bits per heavy atom. The lowest BCUT2D eigenvalue weighted by molar-refractivity contribution is -0.0176. The summed E-state index contributed by atoms with van der Waals surface area (Å²) in [6.07, 6.45) is 10.6. The van der Waals surface area contributed by atoms with Gasteiger partial charge < -0.3 is 19.7 Å². The van der Waals surface area contributed by atoms with Gasteiger partial charge in [0, 0.05) is 6.42 Å². The Labute approximate surface area is 188 Å². The molecule has 178 valence electrons. The second-order valence-electron chi connectivity index (χ2n) is 8.57. The molecule has 0 radical (unpaired) electrons. The number of rotatable bonds is 20. The predicted molar refractivity (Wildman–Crippen MR) is 130 cm³/mol. The quantitative estimate of drug-likeness (QED) is 0.144. The van der Waals surface area contributed by atoms with Crippen molar-refractivity contribution < 1.29 is 19.7 Å². The first-order valence-corrected chi connectivity index (χ1v) is 15.2. The van der Waals surface area contributed by atoms with Crippen LogP contribution < -0.4 is 0 Å². The molecule has 0 saturated carbocycles. The van der Waals surface area contributed by atoms with Crippen molar-refractivity contribution in [3.63, 3.8) is 0 Å². The first-order valence-electron chi connectivity index (χ1n) is 12.5. The summed E-state index contributed by atoms with van der Waals surface area (Å²) in [5.74, 6) is 3.20. The second-order valence-corrected chi connectivity index (χ2v) is 13.5. The largest absolute Gasteiger partial charge is 0.391 e. The highest BCUT2D eigenvalue weighted by Crippen LogP contribution is 2.18. The van der Waals surface area contributed by atoms with Gasteiger partial charge in [-0.15, -0.1) is 11.5 Å². The van der Waals surface area contributed by atoms with Crippen LogP contribution >= 0.6 is 0 Å². The van der Waals surface area contributed by atoms with Gasteiger partial charge >= 0.3 is 0 Å². The first kappa shape index (κ1) is 29.6. The molecule has 0 aliphatic heterocycles. The van der Waals surface area contributed by atoms with Gasteiger partial charge in [0.25, 0.3) is 0 Å². The molecule has 0 aromatic heterocycles. The van der Waals surface area contributed by atoms with Gasteiger partial charge in [-0.2, -0.15) is 0 Å². The van der Waals surface area contributed by atoms with Crippen molar-refractivity contribution in [1.29, 1.82) is 0 Å². The molecule has 0 aliphatic rings. The highest BCUT2D eigenvalue weighted by Gasteiger charge is 2.24. The van der Waals surface area contributed by atoms with Crippen LogP contribution in [0.15, 0.2) is 0 Å². The van der Waals surface area contributed by atoms with E-state index in [0.29, 0.717) is 26.2 Å². The predicted octanol–water partition coefficient (Wildman–Crippen LogP) is 5.71. The number of hydrogen-bond acceptors (Lipinski definition) is 4. The SMILES string of the molecule is CCCCCCCCCCC(O)COCCOCC(O)CC#C[Si](CC)(CC)CC. The van der Waals surface area contributed by atoms with Crippen molar-refractivity contribution in [2.75, 3.05) is 26.4 Å². The van der Waals surface area contributed by atoms with Crippen LogP contribution in [0.3, 0.4) is 0 Å². The van der Waals surface area contributed by atoms with Gasteiger partial charge in [0.05, 0.1) is 38.6 Å². The van der Waals surface area contributed by atoms with Crippen molar-refractivity contribution in [3.05, 3.63) is 0 Å². The van der Waals surface area contributed by atoms with Crippen LogP contribution in [0.25, 0.3) is 0 Å². The van der Waals surface area contributed by atoms with Gasteiger partial charge in [-0.3, -0.25) is 0 Å². The van der Waals surface area contributed by atoms with E-state index >= 15 is 0 Å².